The van der Waals surface area contributed by atoms with Gasteiger partial charge in [0.2, 0.25) is 0 Å². The molecule has 0 aliphatic heterocycles. The summed E-state index contributed by atoms with van der Waals surface area (Å²) in [4.78, 5) is 7.94. The maximum atomic E-state index is 6.03. The first kappa shape index (κ1) is 19.8. The SMILES string of the molecule is COc1ccc(Oc2cccc(CNc3cc4c(cn3)[nH]c3ccccc34)c2)cc1OC. The van der Waals surface area contributed by atoms with Gasteiger partial charge in [0, 0.05) is 28.9 Å². The van der Waals surface area contributed by atoms with E-state index in [9.17, 15) is 0 Å². The van der Waals surface area contributed by atoms with Crippen molar-refractivity contribution < 1.29 is 14.2 Å². The van der Waals surface area contributed by atoms with Gasteiger partial charge in [0.15, 0.2) is 11.5 Å². The molecule has 2 N–H and O–H groups in total. The van der Waals surface area contributed by atoms with Crippen LogP contribution in [0.4, 0.5) is 5.82 Å². The molecule has 0 saturated carbocycles. The topological polar surface area (TPSA) is 68.4 Å². The Bertz CT molecular complexity index is 1390. The van der Waals surface area contributed by atoms with Crippen molar-refractivity contribution in [2.24, 2.45) is 0 Å². The number of fused-ring (bicyclic) bond motifs is 3. The third-order valence-corrected chi connectivity index (χ3v) is 5.35. The van der Waals surface area contributed by atoms with E-state index in [0.717, 1.165) is 33.6 Å². The van der Waals surface area contributed by atoms with Crippen LogP contribution in [0.25, 0.3) is 21.8 Å². The number of nitrogens with one attached hydrogen (secondary N) is 2. The van der Waals surface area contributed by atoms with E-state index in [0.29, 0.717) is 23.8 Å². The van der Waals surface area contributed by atoms with Crippen LogP contribution in [0.3, 0.4) is 0 Å². The molecule has 160 valence electrons. The summed E-state index contributed by atoms with van der Waals surface area (Å²) in [6.45, 7) is 0.629. The molecule has 0 atom stereocenters. The molecule has 5 rings (SSSR count). The van der Waals surface area contributed by atoms with Crippen LogP contribution in [0.15, 0.2) is 79.0 Å². The van der Waals surface area contributed by atoms with Gasteiger partial charge in [0.05, 0.1) is 25.9 Å². The standard InChI is InChI=1S/C26H23N3O3/c1-30-24-11-10-19(13-25(24)31-2)32-18-7-5-6-17(12-18)15-27-26-14-21-20-8-3-4-9-22(20)29-23(21)16-28-26/h3-14,16,29H,15H2,1-2H3,(H,27,28). The number of rotatable bonds is 7. The zero-order valence-corrected chi connectivity index (χ0v) is 17.9. The monoisotopic (exact) mass is 425 g/mol. The summed E-state index contributed by atoms with van der Waals surface area (Å²) in [7, 11) is 3.22. The van der Waals surface area contributed by atoms with Crippen molar-refractivity contribution in [3.05, 3.63) is 84.6 Å². The van der Waals surface area contributed by atoms with Crippen molar-refractivity contribution in [3.63, 3.8) is 0 Å². The summed E-state index contributed by atoms with van der Waals surface area (Å²) in [6, 6.07) is 23.8. The molecule has 0 spiro atoms. The summed E-state index contributed by atoms with van der Waals surface area (Å²) < 4.78 is 16.7. The molecule has 0 fully saturated rings. The molecule has 0 saturated heterocycles. The Kier molecular flexibility index (Phi) is 5.25. The van der Waals surface area contributed by atoms with E-state index >= 15 is 0 Å². The Morgan fingerprint density at radius 2 is 1.62 bits per heavy atom. The van der Waals surface area contributed by atoms with E-state index in [4.69, 9.17) is 14.2 Å². The number of H-pyrrole nitrogens is 1. The quantitative estimate of drug-likeness (QED) is 0.328. The van der Waals surface area contributed by atoms with Crippen molar-refractivity contribution in [2.75, 3.05) is 19.5 Å². The van der Waals surface area contributed by atoms with Gasteiger partial charge in [0.1, 0.15) is 17.3 Å². The molecule has 0 aliphatic carbocycles. The zero-order chi connectivity index (χ0) is 21.9. The molecule has 0 radical (unpaired) electrons. The lowest BCUT2D eigenvalue weighted by Gasteiger charge is -2.12. The number of aromatic amines is 1. The smallest absolute Gasteiger partial charge is 0.164 e. The van der Waals surface area contributed by atoms with Crippen LogP contribution >= 0.6 is 0 Å². The maximum Gasteiger partial charge on any atom is 0.164 e. The molecule has 5 aromatic rings. The Morgan fingerprint density at radius 3 is 2.50 bits per heavy atom. The maximum absolute atomic E-state index is 6.03. The second kappa shape index (κ2) is 8.51. The molecule has 3 aromatic carbocycles. The fraction of sp³-hybridized carbons (Fsp3) is 0.115. The predicted molar refractivity (Wildman–Crippen MR) is 127 cm³/mol. The second-order valence-electron chi connectivity index (χ2n) is 7.41. The molecule has 0 unspecified atom stereocenters. The van der Waals surface area contributed by atoms with Gasteiger partial charge < -0.3 is 24.5 Å². The number of ether oxygens (including phenoxy) is 3. The number of nitrogens with zero attached hydrogens (tertiary/aromatic N) is 1. The first-order chi connectivity index (χ1) is 15.7. The highest BCUT2D eigenvalue weighted by molar-refractivity contribution is 6.07. The summed E-state index contributed by atoms with van der Waals surface area (Å²) in [5.74, 6) is 3.54. The zero-order valence-electron chi connectivity index (χ0n) is 17.9. The molecule has 0 bridgehead atoms. The lowest BCUT2D eigenvalue weighted by Crippen LogP contribution is -2.01. The van der Waals surface area contributed by atoms with Crippen molar-refractivity contribution in [3.8, 4) is 23.0 Å². The van der Waals surface area contributed by atoms with E-state index < -0.39 is 0 Å². The Hall–Kier alpha value is -4.19. The fourth-order valence-electron chi connectivity index (χ4n) is 3.77. The molecular weight excluding hydrogens is 402 g/mol. The van der Waals surface area contributed by atoms with E-state index in [1.807, 2.05) is 54.7 Å². The minimum absolute atomic E-state index is 0.626. The van der Waals surface area contributed by atoms with Crippen LogP contribution in [-0.4, -0.2) is 24.2 Å². The largest absolute Gasteiger partial charge is 0.493 e. The van der Waals surface area contributed by atoms with Crippen molar-refractivity contribution in [2.45, 2.75) is 6.54 Å². The highest BCUT2D eigenvalue weighted by atomic mass is 16.5. The van der Waals surface area contributed by atoms with Crippen LogP contribution in [0.2, 0.25) is 0 Å². The van der Waals surface area contributed by atoms with Gasteiger partial charge >= 0.3 is 0 Å². The predicted octanol–water partition coefficient (Wildman–Crippen LogP) is 6.14. The third-order valence-electron chi connectivity index (χ3n) is 5.35. The Balaban J connectivity index is 1.31. The van der Waals surface area contributed by atoms with Gasteiger partial charge in [0.25, 0.3) is 0 Å². The first-order valence-corrected chi connectivity index (χ1v) is 10.3. The van der Waals surface area contributed by atoms with Crippen LogP contribution in [0.5, 0.6) is 23.0 Å². The number of pyridine rings is 1. The van der Waals surface area contributed by atoms with Gasteiger partial charge in [-0.3, -0.25) is 0 Å². The average Bonchev–Trinajstić information content (AvgIpc) is 3.21. The summed E-state index contributed by atoms with van der Waals surface area (Å²) in [6.07, 6.45) is 1.87. The molecular formula is C26H23N3O3. The highest BCUT2D eigenvalue weighted by Gasteiger charge is 2.08. The summed E-state index contributed by atoms with van der Waals surface area (Å²) in [5, 5.41) is 5.76. The minimum Gasteiger partial charge on any atom is -0.493 e. The number of anilines is 1. The molecule has 2 aromatic heterocycles. The van der Waals surface area contributed by atoms with Gasteiger partial charge in [-0.15, -0.1) is 0 Å². The van der Waals surface area contributed by atoms with Crippen molar-refractivity contribution in [1.29, 1.82) is 0 Å². The number of hydrogen-bond donors (Lipinski definition) is 2. The van der Waals surface area contributed by atoms with E-state index in [-0.39, 0.29) is 0 Å². The fourth-order valence-corrected chi connectivity index (χ4v) is 3.77. The Morgan fingerprint density at radius 1 is 0.781 bits per heavy atom. The van der Waals surface area contributed by atoms with Crippen LogP contribution in [0.1, 0.15) is 5.56 Å². The number of hydrogen-bond acceptors (Lipinski definition) is 5. The first-order valence-electron chi connectivity index (χ1n) is 10.3. The number of aromatic nitrogens is 2. The molecule has 0 aliphatic rings. The lowest BCUT2D eigenvalue weighted by molar-refractivity contribution is 0.352. The van der Waals surface area contributed by atoms with Crippen LogP contribution < -0.4 is 19.5 Å². The average molecular weight is 425 g/mol. The highest BCUT2D eigenvalue weighted by Crippen LogP contribution is 2.33. The van der Waals surface area contributed by atoms with Gasteiger partial charge in [-0.05, 0) is 42.0 Å². The normalized spacial score (nSPS) is 10.9. The van der Waals surface area contributed by atoms with Crippen LogP contribution in [-0.2, 0) is 6.54 Å². The second-order valence-corrected chi connectivity index (χ2v) is 7.41. The van der Waals surface area contributed by atoms with Crippen molar-refractivity contribution in [1.82, 2.24) is 9.97 Å². The van der Waals surface area contributed by atoms with E-state index in [1.54, 1.807) is 14.2 Å². The summed E-state index contributed by atoms with van der Waals surface area (Å²) >= 11 is 0. The van der Waals surface area contributed by atoms with Crippen molar-refractivity contribution >= 4 is 27.6 Å². The van der Waals surface area contributed by atoms with Gasteiger partial charge in [-0.25, -0.2) is 4.98 Å². The minimum atomic E-state index is 0.626. The van der Waals surface area contributed by atoms with Gasteiger partial charge in [-0.1, -0.05) is 30.3 Å². The van der Waals surface area contributed by atoms with E-state index in [1.165, 1.54) is 5.39 Å². The number of methoxy groups -OCH3 is 2. The molecule has 32 heavy (non-hydrogen) atoms. The van der Waals surface area contributed by atoms with Crippen LogP contribution in [0, 0.1) is 0 Å². The van der Waals surface area contributed by atoms with Gasteiger partial charge in [-0.2, -0.15) is 0 Å². The molecule has 6 nitrogen and oxygen atoms in total. The molecule has 2 heterocycles. The lowest BCUT2D eigenvalue weighted by atomic mass is 10.2. The molecule has 6 heteroatoms. The molecule has 0 amide bonds. The Labute approximate surface area is 185 Å². The van der Waals surface area contributed by atoms with E-state index in [2.05, 4.69) is 39.6 Å². The summed E-state index contributed by atoms with van der Waals surface area (Å²) in [5.41, 5.74) is 3.23. The third kappa shape index (κ3) is 3.90. The number of para-hydroxylation sites is 1. The number of benzene rings is 3.